The Morgan fingerprint density at radius 2 is 2.22 bits per heavy atom. The summed E-state index contributed by atoms with van der Waals surface area (Å²) in [5.41, 5.74) is 1.53. The zero-order valence-corrected chi connectivity index (χ0v) is 10.3. The summed E-state index contributed by atoms with van der Waals surface area (Å²) >= 11 is 0. The van der Waals surface area contributed by atoms with Gasteiger partial charge in [0.2, 0.25) is 0 Å². The summed E-state index contributed by atoms with van der Waals surface area (Å²) < 4.78 is 0. The Kier molecular flexibility index (Phi) is 3.94. The fourth-order valence-corrected chi connectivity index (χ4v) is 1.90. The first-order valence-corrected chi connectivity index (χ1v) is 6.12. The maximum Gasteiger partial charge on any atom is 0.323 e. The van der Waals surface area contributed by atoms with Gasteiger partial charge in [-0.05, 0) is 25.0 Å². The average Bonchev–Trinajstić information content (AvgIpc) is 2.77. The molecule has 2 heterocycles. The summed E-state index contributed by atoms with van der Waals surface area (Å²) in [6, 6.07) is 5.33. The third-order valence-electron chi connectivity index (χ3n) is 2.86. The van der Waals surface area contributed by atoms with Crippen molar-refractivity contribution in [3.8, 4) is 0 Å². The molecule has 1 atom stereocenters. The second kappa shape index (κ2) is 5.64. The number of nitrogens with one attached hydrogen (secondary N) is 2. The molecule has 0 aliphatic heterocycles. The van der Waals surface area contributed by atoms with Crippen molar-refractivity contribution in [3.63, 3.8) is 0 Å². The lowest BCUT2D eigenvalue weighted by atomic mass is 10.1. The number of aliphatic hydroxyl groups excluding tert-OH is 1. The van der Waals surface area contributed by atoms with Crippen LogP contribution in [0.25, 0.3) is 0 Å². The number of unbranched alkanes of at least 4 members (excludes halogenated alkanes) is 1. The van der Waals surface area contributed by atoms with Gasteiger partial charge in [0, 0.05) is 11.9 Å². The smallest absolute Gasteiger partial charge is 0.323 e. The van der Waals surface area contributed by atoms with Crippen LogP contribution >= 0.6 is 0 Å². The van der Waals surface area contributed by atoms with Crippen molar-refractivity contribution in [1.82, 2.24) is 15.0 Å². The summed E-state index contributed by atoms with van der Waals surface area (Å²) in [7, 11) is 0. The molecule has 0 spiro atoms. The van der Waals surface area contributed by atoms with Gasteiger partial charge in [-0.25, -0.2) is 4.79 Å². The van der Waals surface area contributed by atoms with E-state index in [1.165, 1.54) is 0 Å². The highest BCUT2D eigenvalue weighted by molar-refractivity contribution is 5.23. The summed E-state index contributed by atoms with van der Waals surface area (Å²) in [5, 5.41) is 10.2. The van der Waals surface area contributed by atoms with Crippen LogP contribution in [0.3, 0.4) is 0 Å². The first-order valence-electron chi connectivity index (χ1n) is 6.12. The van der Waals surface area contributed by atoms with E-state index in [9.17, 15) is 9.90 Å². The van der Waals surface area contributed by atoms with Crippen LogP contribution in [-0.4, -0.2) is 20.1 Å². The Balaban J connectivity index is 2.29. The van der Waals surface area contributed by atoms with Gasteiger partial charge >= 0.3 is 5.69 Å². The van der Waals surface area contributed by atoms with Crippen molar-refractivity contribution in [3.05, 3.63) is 52.0 Å². The highest BCUT2D eigenvalue weighted by Gasteiger charge is 2.18. The van der Waals surface area contributed by atoms with Crippen LogP contribution in [0.4, 0.5) is 0 Å². The average molecular weight is 247 g/mol. The SMILES string of the molecule is CCCCc1[nH]c(=O)[nH]c1C(O)c1ccccn1. The van der Waals surface area contributed by atoms with Gasteiger partial charge in [0.05, 0.1) is 11.4 Å². The third-order valence-corrected chi connectivity index (χ3v) is 2.86. The molecule has 2 aromatic rings. The summed E-state index contributed by atoms with van der Waals surface area (Å²) in [5.74, 6) is 0. The van der Waals surface area contributed by atoms with Crippen LogP contribution in [0, 0.1) is 0 Å². The number of H-pyrrole nitrogens is 2. The summed E-state index contributed by atoms with van der Waals surface area (Å²) in [4.78, 5) is 20.8. The molecule has 2 rings (SSSR count). The van der Waals surface area contributed by atoms with Crippen LogP contribution in [0.5, 0.6) is 0 Å². The molecule has 0 aliphatic rings. The predicted molar refractivity (Wildman–Crippen MR) is 68.3 cm³/mol. The van der Waals surface area contributed by atoms with E-state index in [0.29, 0.717) is 11.4 Å². The van der Waals surface area contributed by atoms with Gasteiger partial charge in [-0.15, -0.1) is 0 Å². The number of imidazole rings is 1. The quantitative estimate of drug-likeness (QED) is 0.749. The Hall–Kier alpha value is -1.88. The van der Waals surface area contributed by atoms with Crippen LogP contribution < -0.4 is 5.69 Å². The Morgan fingerprint density at radius 3 is 2.89 bits per heavy atom. The van der Waals surface area contributed by atoms with Gasteiger partial charge in [-0.3, -0.25) is 4.98 Å². The molecule has 2 aromatic heterocycles. The number of aromatic nitrogens is 3. The first-order chi connectivity index (χ1) is 8.72. The normalized spacial score (nSPS) is 12.6. The monoisotopic (exact) mass is 247 g/mol. The maximum atomic E-state index is 11.4. The number of aryl methyl sites for hydroxylation is 1. The van der Waals surface area contributed by atoms with E-state index in [1.807, 2.05) is 6.07 Å². The van der Waals surface area contributed by atoms with E-state index in [0.717, 1.165) is 25.0 Å². The van der Waals surface area contributed by atoms with E-state index in [1.54, 1.807) is 18.3 Å². The molecule has 18 heavy (non-hydrogen) atoms. The number of aromatic amines is 2. The van der Waals surface area contributed by atoms with Gasteiger partial charge in [0.1, 0.15) is 6.10 Å². The number of pyridine rings is 1. The maximum absolute atomic E-state index is 11.4. The van der Waals surface area contributed by atoms with E-state index in [2.05, 4.69) is 21.9 Å². The van der Waals surface area contributed by atoms with E-state index in [-0.39, 0.29) is 5.69 Å². The topological polar surface area (TPSA) is 81.8 Å². The molecule has 0 radical (unpaired) electrons. The molecule has 0 aromatic carbocycles. The molecule has 0 saturated heterocycles. The van der Waals surface area contributed by atoms with Gasteiger partial charge in [0.25, 0.3) is 0 Å². The second-order valence-corrected chi connectivity index (χ2v) is 4.23. The van der Waals surface area contributed by atoms with Crippen molar-refractivity contribution < 1.29 is 5.11 Å². The molecular formula is C13H17N3O2. The van der Waals surface area contributed by atoms with Crippen LogP contribution in [0.1, 0.15) is 43.0 Å². The molecule has 3 N–H and O–H groups in total. The minimum absolute atomic E-state index is 0.286. The Bertz CT molecular complexity index is 545. The van der Waals surface area contributed by atoms with Crippen molar-refractivity contribution in [2.75, 3.05) is 0 Å². The fourth-order valence-electron chi connectivity index (χ4n) is 1.90. The van der Waals surface area contributed by atoms with Crippen molar-refractivity contribution >= 4 is 0 Å². The Labute approximate surface area is 105 Å². The zero-order chi connectivity index (χ0) is 13.0. The molecule has 0 bridgehead atoms. The highest BCUT2D eigenvalue weighted by atomic mass is 16.3. The number of hydrogen-bond donors (Lipinski definition) is 3. The van der Waals surface area contributed by atoms with Gasteiger partial charge in [0.15, 0.2) is 0 Å². The molecule has 96 valence electrons. The fraction of sp³-hybridized carbons (Fsp3) is 0.385. The molecule has 5 heteroatoms. The van der Waals surface area contributed by atoms with Gasteiger partial charge in [-0.2, -0.15) is 0 Å². The van der Waals surface area contributed by atoms with Crippen LogP contribution in [0.2, 0.25) is 0 Å². The van der Waals surface area contributed by atoms with Gasteiger partial charge < -0.3 is 15.1 Å². The lowest BCUT2D eigenvalue weighted by Gasteiger charge is -2.10. The molecule has 0 amide bonds. The number of nitrogens with zero attached hydrogens (tertiary/aromatic N) is 1. The zero-order valence-electron chi connectivity index (χ0n) is 10.3. The van der Waals surface area contributed by atoms with Crippen molar-refractivity contribution in [2.24, 2.45) is 0 Å². The minimum atomic E-state index is -0.892. The lowest BCUT2D eigenvalue weighted by Crippen LogP contribution is -2.07. The molecular weight excluding hydrogens is 230 g/mol. The van der Waals surface area contributed by atoms with Crippen LogP contribution in [-0.2, 0) is 6.42 Å². The molecule has 0 fully saturated rings. The van der Waals surface area contributed by atoms with E-state index in [4.69, 9.17) is 0 Å². The number of rotatable bonds is 5. The molecule has 0 saturated carbocycles. The molecule has 1 unspecified atom stereocenters. The minimum Gasteiger partial charge on any atom is -0.380 e. The number of aliphatic hydroxyl groups is 1. The predicted octanol–water partition coefficient (Wildman–Crippen LogP) is 1.52. The third kappa shape index (κ3) is 2.68. The molecule has 5 nitrogen and oxygen atoms in total. The Morgan fingerprint density at radius 1 is 1.39 bits per heavy atom. The van der Waals surface area contributed by atoms with Gasteiger partial charge in [-0.1, -0.05) is 19.4 Å². The highest BCUT2D eigenvalue weighted by Crippen LogP contribution is 2.20. The first kappa shape index (κ1) is 12.6. The standard InChI is InChI=1S/C13H17N3O2/c1-2-3-6-9-11(16-13(18)15-9)12(17)10-7-4-5-8-14-10/h4-5,7-8,12,17H,2-3,6H2,1H3,(H2,15,16,18). The summed E-state index contributed by atoms with van der Waals surface area (Å²) in [6.07, 6.45) is 3.47. The number of hydrogen-bond acceptors (Lipinski definition) is 3. The molecule has 0 aliphatic carbocycles. The lowest BCUT2D eigenvalue weighted by molar-refractivity contribution is 0.209. The second-order valence-electron chi connectivity index (χ2n) is 4.23. The van der Waals surface area contributed by atoms with Crippen molar-refractivity contribution in [1.29, 1.82) is 0 Å². The van der Waals surface area contributed by atoms with Crippen LogP contribution in [0.15, 0.2) is 29.2 Å². The largest absolute Gasteiger partial charge is 0.380 e. The van der Waals surface area contributed by atoms with E-state index < -0.39 is 6.10 Å². The van der Waals surface area contributed by atoms with E-state index >= 15 is 0 Å². The van der Waals surface area contributed by atoms with Crippen molar-refractivity contribution in [2.45, 2.75) is 32.3 Å². The summed E-state index contributed by atoms with van der Waals surface area (Å²) in [6.45, 7) is 2.08.